The van der Waals surface area contributed by atoms with Gasteiger partial charge in [0.1, 0.15) is 0 Å². The Morgan fingerprint density at radius 2 is 0.840 bits per heavy atom. The summed E-state index contributed by atoms with van der Waals surface area (Å²) in [4.78, 5) is 14.2. The van der Waals surface area contributed by atoms with Crippen LogP contribution in [0.4, 0.5) is 0 Å². The largest absolute Gasteiger partial charge is 0.307 e. The Hall–Kier alpha value is -6.85. The van der Waals surface area contributed by atoms with Crippen LogP contribution in [-0.2, 0) is 0 Å². The molecule has 0 atom stereocenters. The van der Waals surface area contributed by atoms with Crippen LogP contribution in [0, 0.1) is 0 Å². The molecule has 0 fully saturated rings. The number of benzene rings is 7. The van der Waals surface area contributed by atoms with Gasteiger partial charge >= 0.3 is 0 Å². The van der Waals surface area contributed by atoms with E-state index in [1.165, 1.54) is 0 Å². The van der Waals surface area contributed by atoms with Crippen molar-refractivity contribution >= 4 is 43.6 Å². The van der Waals surface area contributed by atoms with Crippen LogP contribution in [-0.4, -0.2) is 24.1 Å². The van der Waals surface area contributed by atoms with Crippen molar-refractivity contribution < 1.29 is 19.2 Å². The molecule has 3 heterocycles. The Morgan fingerprint density at radius 1 is 0.380 bits per heavy atom. The third kappa shape index (κ3) is 4.45. The first-order chi connectivity index (χ1) is 30.6. The Labute approximate surface area is 308 Å². The first-order valence-corrected chi connectivity index (χ1v) is 15.7. The number of para-hydroxylation sites is 3. The lowest BCUT2D eigenvalue weighted by atomic mass is 10.0. The zero-order chi connectivity index (χ0) is 45.2. The van der Waals surface area contributed by atoms with E-state index in [4.69, 9.17) is 26.4 Å². The highest BCUT2D eigenvalue weighted by Gasteiger charge is 2.23. The molecule has 0 amide bonds. The number of aromatic nitrogens is 5. The molecule has 7 aromatic carbocycles. The van der Waals surface area contributed by atoms with Gasteiger partial charge in [-0.25, -0.2) is 4.98 Å². The molecule has 0 saturated carbocycles. The van der Waals surface area contributed by atoms with Crippen LogP contribution >= 0.6 is 0 Å². The second-order valence-corrected chi connectivity index (χ2v) is 11.4. The zero-order valence-corrected chi connectivity index (χ0v) is 25.9. The molecule has 0 aliphatic carbocycles. The molecule has 5 nitrogen and oxygen atoms in total. The number of rotatable bonds is 5. The van der Waals surface area contributed by atoms with Crippen LogP contribution in [0.25, 0.3) is 89.2 Å². The lowest BCUT2D eigenvalue weighted by Crippen LogP contribution is -2.07. The molecule has 3 aromatic heterocycles. The van der Waals surface area contributed by atoms with Gasteiger partial charge in [-0.05, 0) is 35.4 Å². The van der Waals surface area contributed by atoms with E-state index in [1.54, 1.807) is 4.57 Å². The molecule has 234 valence electrons. The first kappa shape index (κ1) is 17.5. The summed E-state index contributed by atoms with van der Waals surface area (Å²) in [6.07, 6.45) is 0. The van der Waals surface area contributed by atoms with Crippen molar-refractivity contribution in [3.8, 4) is 45.5 Å². The van der Waals surface area contributed by atoms with E-state index in [1.807, 2.05) is 91.0 Å². The minimum absolute atomic E-state index is 0.151. The van der Waals surface area contributed by atoms with Crippen molar-refractivity contribution in [2.24, 2.45) is 0 Å². The standard InChI is InChI=1S/C45H29N5/c1-4-14-30(15-5-1)31-24-26-33(27-25-31)44-46-43(32-16-6-2-7-17-32)47-45(48-44)50-40-23-13-11-21-36(40)38-29-28-37-35-20-10-12-22-39(35)49(41(37)42(38)50)34-18-8-3-9-19-34/h1-29H/i1D,2D,4D,5D,6D,7D,14D,15D,16D,17D,24D,25D,26D,27D. The van der Waals surface area contributed by atoms with Crippen LogP contribution < -0.4 is 0 Å². The van der Waals surface area contributed by atoms with E-state index in [0.717, 1.165) is 38.3 Å². The summed E-state index contributed by atoms with van der Waals surface area (Å²) in [5.74, 6) is -1.04. The van der Waals surface area contributed by atoms with Crippen molar-refractivity contribution in [3.63, 3.8) is 0 Å². The quantitative estimate of drug-likeness (QED) is 0.186. The summed E-state index contributed by atoms with van der Waals surface area (Å²) < 4.78 is 125. The van der Waals surface area contributed by atoms with Gasteiger partial charge in [0.15, 0.2) is 11.6 Å². The van der Waals surface area contributed by atoms with Crippen LogP contribution in [0.3, 0.4) is 0 Å². The topological polar surface area (TPSA) is 48.5 Å². The van der Waals surface area contributed by atoms with Gasteiger partial charge in [0.25, 0.3) is 0 Å². The fourth-order valence-corrected chi connectivity index (χ4v) is 6.53. The van der Waals surface area contributed by atoms with Crippen molar-refractivity contribution in [3.05, 3.63) is 176 Å². The van der Waals surface area contributed by atoms with Crippen LogP contribution in [0.15, 0.2) is 176 Å². The smallest absolute Gasteiger partial charge is 0.238 e. The van der Waals surface area contributed by atoms with E-state index in [-0.39, 0.29) is 5.95 Å². The molecule has 0 bridgehead atoms. The lowest BCUT2D eigenvalue weighted by Gasteiger charge is -2.13. The SMILES string of the molecule is [2H]c1c([2H])c([2H])c(-c2nc(-c3c([2H])c([2H])c(-c4c([2H])c([2H])c([2H])c([2H])c4[2H])c([2H])c3[2H])nc(-n3c4ccccc4c4ccc5c6ccccc6n(-c6ccccc6)c5c43)n2)c([2H])c1[2H]. The highest BCUT2D eigenvalue weighted by atomic mass is 15.2. The average molecular weight is 654 g/mol. The van der Waals surface area contributed by atoms with E-state index < -0.39 is 118 Å². The van der Waals surface area contributed by atoms with Gasteiger partial charge in [-0.3, -0.25) is 4.57 Å². The van der Waals surface area contributed by atoms with Crippen molar-refractivity contribution in [2.75, 3.05) is 0 Å². The predicted octanol–water partition coefficient (Wildman–Crippen LogP) is 11.1. The van der Waals surface area contributed by atoms with Crippen molar-refractivity contribution in [1.82, 2.24) is 24.1 Å². The Morgan fingerprint density at radius 3 is 1.46 bits per heavy atom. The Bertz CT molecular complexity index is 3590. The zero-order valence-electron chi connectivity index (χ0n) is 39.9. The van der Waals surface area contributed by atoms with Crippen LogP contribution in [0.1, 0.15) is 19.2 Å². The molecule has 0 aliphatic heterocycles. The maximum Gasteiger partial charge on any atom is 0.238 e. The van der Waals surface area contributed by atoms with Crippen LogP contribution in [0.2, 0.25) is 0 Å². The third-order valence-corrected chi connectivity index (χ3v) is 8.63. The van der Waals surface area contributed by atoms with Gasteiger partial charge in [-0.1, -0.05) is 151 Å². The molecule has 10 rings (SSSR count). The fourth-order valence-electron chi connectivity index (χ4n) is 6.53. The molecule has 0 saturated heterocycles. The minimum atomic E-state index is -0.758. The summed E-state index contributed by atoms with van der Waals surface area (Å²) in [6.45, 7) is 0. The number of hydrogen-bond donors (Lipinski definition) is 0. The molecule has 0 N–H and O–H groups in total. The van der Waals surface area contributed by atoms with Gasteiger partial charge in [0.2, 0.25) is 5.95 Å². The summed E-state index contributed by atoms with van der Waals surface area (Å²) in [5, 5.41) is 3.38. The normalized spacial score (nSPS) is 15.5. The average Bonchev–Trinajstić information content (AvgIpc) is 3.83. The monoisotopic (exact) mass is 653 g/mol. The van der Waals surface area contributed by atoms with Gasteiger partial charge < -0.3 is 4.57 Å². The molecular formula is C45H29N5. The summed E-state index contributed by atoms with van der Waals surface area (Å²) in [7, 11) is 0. The summed E-state index contributed by atoms with van der Waals surface area (Å²) >= 11 is 0. The van der Waals surface area contributed by atoms with Crippen LogP contribution in [0.5, 0.6) is 0 Å². The lowest BCUT2D eigenvalue weighted by molar-refractivity contribution is 0.953. The highest BCUT2D eigenvalue weighted by molar-refractivity contribution is 6.23. The second kappa shape index (κ2) is 11.4. The van der Waals surface area contributed by atoms with Crippen molar-refractivity contribution in [1.29, 1.82) is 0 Å². The van der Waals surface area contributed by atoms with Gasteiger partial charge in [0, 0.05) is 38.4 Å². The number of hydrogen-bond acceptors (Lipinski definition) is 3. The molecule has 10 aromatic rings. The Kier molecular flexibility index (Phi) is 3.99. The van der Waals surface area contributed by atoms with E-state index in [2.05, 4.69) is 9.55 Å². The third-order valence-electron chi connectivity index (χ3n) is 8.63. The first-order valence-electron chi connectivity index (χ1n) is 22.7. The van der Waals surface area contributed by atoms with Gasteiger partial charge in [-0.2, -0.15) is 9.97 Å². The van der Waals surface area contributed by atoms with Crippen molar-refractivity contribution in [2.45, 2.75) is 0 Å². The van der Waals surface area contributed by atoms with E-state index in [9.17, 15) is 2.74 Å². The van der Waals surface area contributed by atoms with E-state index in [0.29, 0.717) is 11.0 Å². The van der Waals surface area contributed by atoms with Gasteiger partial charge in [-0.15, -0.1) is 0 Å². The molecule has 0 unspecified atom stereocenters. The molecule has 5 heteroatoms. The second-order valence-electron chi connectivity index (χ2n) is 11.4. The molecule has 0 radical (unpaired) electrons. The summed E-state index contributed by atoms with van der Waals surface area (Å²) in [5.41, 5.74) is 1.72. The molecule has 0 spiro atoms. The Balaban J connectivity index is 1.37. The summed E-state index contributed by atoms with van der Waals surface area (Å²) in [6, 6.07) is 19.3. The van der Waals surface area contributed by atoms with Gasteiger partial charge in [0.05, 0.1) is 41.3 Å². The molecular weight excluding hydrogens is 611 g/mol. The maximum atomic E-state index is 9.29. The molecule has 0 aliphatic rings. The van der Waals surface area contributed by atoms with E-state index >= 15 is 0 Å². The maximum absolute atomic E-state index is 9.29. The number of nitrogens with zero attached hydrogens (tertiary/aromatic N) is 5. The number of fused-ring (bicyclic) bond motifs is 7. The fraction of sp³-hybridized carbons (Fsp3) is 0. The highest BCUT2D eigenvalue weighted by Crippen LogP contribution is 2.41. The predicted molar refractivity (Wildman–Crippen MR) is 205 cm³/mol. The minimum Gasteiger partial charge on any atom is -0.307 e. The molecule has 50 heavy (non-hydrogen) atoms.